The molecular weight excluding hydrogens is 235 g/mol. The molecule has 0 atom stereocenters. The van der Waals surface area contributed by atoms with Gasteiger partial charge in [-0.25, -0.2) is 4.39 Å². The first-order valence-corrected chi connectivity index (χ1v) is 5.97. The van der Waals surface area contributed by atoms with Crippen molar-refractivity contribution in [2.45, 2.75) is 39.2 Å². The molecule has 18 heavy (non-hydrogen) atoms. The Balaban J connectivity index is 2.19. The Hall–Kier alpha value is -1.58. The van der Waals surface area contributed by atoms with Crippen molar-refractivity contribution in [1.29, 1.82) is 0 Å². The molecule has 3 nitrogen and oxygen atoms in total. The molecule has 0 fully saturated rings. The molecule has 0 saturated heterocycles. The lowest BCUT2D eigenvalue weighted by Gasteiger charge is -2.19. The molecule has 0 saturated carbocycles. The Morgan fingerprint density at radius 2 is 1.83 bits per heavy atom. The predicted octanol–water partition coefficient (Wildman–Crippen LogP) is 3.33. The van der Waals surface area contributed by atoms with Crippen LogP contribution in [-0.2, 0) is 9.53 Å². The third-order valence-electron chi connectivity index (χ3n) is 2.03. The minimum atomic E-state index is -0.450. The number of hydrogen-bond acceptors (Lipinski definition) is 3. The van der Waals surface area contributed by atoms with E-state index in [1.165, 1.54) is 12.1 Å². The van der Waals surface area contributed by atoms with Gasteiger partial charge in [0.05, 0.1) is 6.61 Å². The second-order valence-electron chi connectivity index (χ2n) is 4.99. The third-order valence-corrected chi connectivity index (χ3v) is 2.03. The van der Waals surface area contributed by atoms with Crippen molar-refractivity contribution in [2.24, 2.45) is 0 Å². The smallest absolute Gasteiger partial charge is 0.306 e. The van der Waals surface area contributed by atoms with Gasteiger partial charge >= 0.3 is 5.97 Å². The molecular formula is C14H19FO3. The fourth-order valence-corrected chi connectivity index (χ4v) is 1.33. The first-order valence-electron chi connectivity index (χ1n) is 5.97. The van der Waals surface area contributed by atoms with Crippen molar-refractivity contribution in [3.05, 3.63) is 30.1 Å². The highest BCUT2D eigenvalue weighted by Gasteiger charge is 2.15. The van der Waals surface area contributed by atoms with E-state index >= 15 is 0 Å². The zero-order valence-corrected chi connectivity index (χ0v) is 11.0. The average molecular weight is 254 g/mol. The van der Waals surface area contributed by atoms with Gasteiger partial charge in [0.15, 0.2) is 0 Å². The molecule has 0 aliphatic carbocycles. The van der Waals surface area contributed by atoms with Crippen LogP contribution in [0.4, 0.5) is 4.39 Å². The highest BCUT2D eigenvalue weighted by Crippen LogP contribution is 2.12. The van der Waals surface area contributed by atoms with E-state index in [1.54, 1.807) is 12.1 Å². The number of hydrogen-bond donors (Lipinski definition) is 0. The van der Waals surface area contributed by atoms with Crippen LogP contribution in [0, 0.1) is 5.82 Å². The van der Waals surface area contributed by atoms with Crippen LogP contribution in [0.15, 0.2) is 24.3 Å². The van der Waals surface area contributed by atoms with Gasteiger partial charge in [0, 0.05) is 6.42 Å². The number of ether oxygens (including phenoxy) is 2. The van der Waals surface area contributed by atoms with Crippen molar-refractivity contribution in [3.63, 3.8) is 0 Å². The molecule has 0 aliphatic rings. The summed E-state index contributed by atoms with van der Waals surface area (Å²) in [7, 11) is 0. The molecule has 4 heteroatoms. The van der Waals surface area contributed by atoms with E-state index < -0.39 is 5.60 Å². The molecule has 0 amide bonds. The summed E-state index contributed by atoms with van der Waals surface area (Å²) in [5.74, 6) is 0.0712. The van der Waals surface area contributed by atoms with Crippen LogP contribution in [0.25, 0.3) is 0 Å². The summed E-state index contributed by atoms with van der Waals surface area (Å²) in [6.45, 7) is 5.91. The second kappa shape index (κ2) is 6.38. The quantitative estimate of drug-likeness (QED) is 0.597. The van der Waals surface area contributed by atoms with E-state index in [2.05, 4.69) is 0 Å². The maximum absolute atomic E-state index is 12.6. The second-order valence-corrected chi connectivity index (χ2v) is 4.99. The minimum absolute atomic E-state index is 0.231. The van der Waals surface area contributed by atoms with Crippen LogP contribution in [0.1, 0.15) is 33.6 Å². The van der Waals surface area contributed by atoms with Crippen molar-refractivity contribution in [3.8, 4) is 5.75 Å². The SMILES string of the molecule is CC(C)(C)OC(=O)CCCOc1ccc(F)cc1. The molecule has 0 spiro atoms. The van der Waals surface area contributed by atoms with E-state index in [0.29, 0.717) is 25.2 Å². The monoisotopic (exact) mass is 254 g/mol. The van der Waals surface area contributed by atoms with Gasteiger partial charge in [-0.2, -0.15) is 0 Å². The molecule has 0 heterocycles. The summed E-state index contributed by atoms with van der Waals surface area (Å²) >= 11 is 0. The fourth-order valence-electron chi connectivity index (χ4n) is 1.33. The summed E-state index contributed by atoms with van der Waals surface area (Å²) < 4.78 is 23.2. The van der Waals surface area contributed by atoms with Gasteiger partial charge < -0.3 is 9.47 Å². The van der Waals surface area contributed by atoms with Gasteiger partial charge in [0.1, 0.15) is 17.2 Å². The standard InChI is InChI=1S/C14H19FO3/c1-14(2,3)18-13(16)5-4-10-17-12-8-6-11(15)7-9-12/h6-9H,4-5,10H2,1-3H3. The van der Waals surface area contributed by atoms with Crippen molar-refractivity contribution >= 4 is 5.97 Å². The Labute approximate surface area is 107 Å². The zero-order chi connectivity index (χ0) is 13.6. The summed E-state index contributed by atoms with van der Waals surface area (Å²) in [6, 6.07) is 5.79. The molecule has 1 aromatic carbocycles. The predicted molar refractivity (Wildman–Crippen MR) is 67.0 cm³/mol. The minimum Gasteiger partial charge on any atom is -0.494 e. The summed E-state index contributed by atoms with van der Waals surface area (Å²) in [5, 5.41) is 0. The number of rotatable bonds is 5. The van der Waals surface area contributed by atoms with Crippen LogP contribution in [0.2, 0.25) is 0 Å². The molecule has 1 rings (SSSR count). The van der Waals surface area contributed by atoms with Crippen molar-refractivity contribution in [1.82, 2.24) is 0 Å². The van der Waals surface area contributed by atoms with E-state index in [-0.39, 0.29) is 11.8 Å². The van der Waals surface area contributed by atoms with Gasteiger partial charge in [-0.3, -0.25) is 4.79 Å². The van der Waals surface area contributed by atoms with Crippen LogP contribution < -0.4 is 4.74 Å². The number of carbonyl (C=O) groups is 1. The highest BCUT2D eigenvalue weighted by atomic mass is 19.1. The molecule has 0 radical (unpaired) electrons. The van der Waals surface area contributed by atoms with Crippen LogP contribution in [-0.4, -0.2) is 18.2 Å². The van der Waals surface area contributed by atoms with Crippen LogP contribution >= 0.6 is 0 Å². The molecule has 1 aromatic rings. The molecule has 100 valence electrons. The lowest BCUT2D eigenvalue weighted by atomic mass is 10.2. The number of esters is 1. The largest absolute Gasteiger partial charge is 0.494 e. The van der Waals surface area contributed by atoms with Gasteiger partial charge in [-0.15, -0.1) is 0 Å². The van der Waals surface area contributed by atoms with Gasteiger partial charge in [-0.1, -0.05) is 0 Å². The molecule has 0 aromatic heterocycles. The van der Waals surface area contributed by atoms with Crippen LogP contribution in [0.3, 0.4) is 0 Å². The Morgan fingerprint density at radius 3 is 2.39 bits per heavy atom. The molecule has 0 N–H and O–H groups in total. The third kappa shape index (κ3) is 6.23. The number of benzene rings is 1. The topological polar surface area (TPSA) is 35.5 Å². The average Bonchev–Trinajstić information content (AvgIpc) is 2.24. The number of halogens is 1. The normalized spacial score (nSPS) is 11.1. The van der Waals surface area contributed by atoms with Crippen molar-refractivity contribution in [2.75, 3.05) is 6.61 Å². The number of carbonyl (C=O) groups excluding carboxylic acids is 1. The van der Waals surface area contributed by atoms with E-state index in [1.807, 2.05) is 20.8 Å². The lowest BCUT2D eigenvalue weighted by molar-refractivity contribution is -0.155. The molecule has 0 aliphatic heterocycles. The Morgan fingerprint density at radius 1 is 1.22 bits per heavy atom. The first-order chi connectivity index (χ1) is 8.37. The highest BCUT2D eigenvalue weighted by molar-refractivity contribution is 5.69. The Bertz CT molecular complexity index is 379. The molecule has 0 unspecified atom stereocenters. The van der Waals surface area contributed by atoms with E-state index in [0.717, 1.165) is 0 Å². The first kappa shape index (κ1) is 14.5. The maximum Gasteiger partial charge on any atom is 0.306 e. The Kier molecular flexibility index (Phi) is 5.13. The van der Waals surface area contributed by atoms with Crippen LogP contribution in [0.5, 0.6) is 5.75 Å². The van der Waals surface area contributed by atoms with E-state index in [4.69, 9.17) is 9.47 Å². The fraction of sp³-hybridized carbons (Fsp3) is 0.500. The van der Waals surface area contributed by atoms with Gasteiger partial charge in [-0.05, 0) is 51.5 Å². The van der Waals surface area contributed by atoms with Crippen molar-refractivity contribution < 1.29 is 18.7 Å². The van der Waals surface area contributed by atoms with E-state index in [9.17, 15) is 9.18 Å². The lowest BCUT2D eigenvalue weighted by Crippen LogP contribution is -2.23. The van der Waals surface area contributed by atoms with Gasteiger partial charge in [0.25, 0.3) is 0 Å². The van der Waals surface area contributed by atoms with Gasteiger partial charge in [0.2, 0.25) is 0 Å². The summed E-state index contributed by atoms with van der Waals surface area (Å²) in [4.78, 5) is 11.4. The summed E-state index contributed by atoms with van der Waals surface area (Å²) in [6.07, 6.45) is 0.894. The zero-order valence-electron chi connectivity index (χ0n) is 11.0. The maximum atomic E-state index is 12.6. The summed E-state index contributed by atoms with van der Waals surface area (Å²) in [5.41, 5.74) is -0.450. The molecule has 0 bridgehead atoms.